The van der Waals surface area contributed by atoms with Crippen LogP contribution in [0, 0.1) is 0 Å². The lowest BCUT2D eigenvalue weighted by molar-refractivity contribution is 0.0971. The molecule has 0 unspecified atom stereocenters. The van der Waals surface area contributed by atoms with E-state index < -0.39 is 0 Å². The third kappa shape index (κ3) is 4.07. The fourth-order valence-corrected chi connectivity index (χ4v) is 2.04. The summed E-state index contributed by atoms with van der Waals surface area (Å²) in [7, 11) is 0. The van der Waals surface area contributed by atoms with Gasteiger partial charge in [-0.3, -0.25) is 4.98 Å². The van der Waals surface area contributed by atoms with Crippen molar-refractivity contribution in [1.82, 2.24) is 9.88 Å². The van der Waals surface area contributed by atoms with Crippen LogP contribution in [0.4, 0.5) is 0 Å². The fourth-order valence-electron chi connectivity index (χ4n) is 2.04. The Kier molecular flexibility index (Phi) is 4.91. The highest BCUT2D eigenvalue weighted by molar-refractivity contribution is 5.13. The normalized spacial score (nSPS) is 16.5. The summed E-state index contributed by atoms with van der Waals surface area (Å²) in [5.41, 5.74) is 7.55. The molecule has 1 aliphatic heterocycles. The second-order valence-corrected chi connectivity index (χ2v) is 4.46. The van der Waals surface area contributed by atoms with E-state index in [1.807, 2.05) is 18.3 Å². The van der Waals surface area contributed by atoms with Crippen LogP contribution in [-0.4, -0.2) is 36.1 Å². The molecule has 1 fully saturated rings. The Morgan fingerprint density at radius 3 is 2.76 bits per heavy atom. The van der Waals surface area contributed by atoms with E-state index in [1.165, 1.54) is 25.9 Å². The third-order valence-corrected chi connectivity index (χ3v) is 3.12. The molecule has 0 aliphatic carbocycles. The van der Waals surface area contributed by atoms with Crippen LogP contribution in [0.1, 0.15) is 24.1 Å². The van der Waals surface area contributed by atoms with Crippen molar-refractivity contribution in [2.45, 2.75) is 26.0 Å². The predicted molar refractivity (Wildman–Crippen MR) is 67.5 cm³/mol. The minimum atomic E-state index is 0.545. The lowest BCUT2D eigenvalue weighted by Crippen LogP contribution is -2.23. The van der Waals surface area contributed by atoms with Gasteiger partial charge in [0.1, 0.15) is 0 Å². The molecule has 1 aromatic rings. The van der Waals surface area contributed by atoms with E-state index in [-0.39, 0.29) is 0 Å². The van der Waals surface area contributed by atoms with Gasteiger partial charge in [0.15, 0.2) is 0 Å². The molecule has 0 bridgehead atoms. The van der Waals surface area contributed by atoms with Crippen LogP contribution in [0.3, 0.4) is 0 Å². The van der Waals surface area contributed by atoms with Gasteiger partial charge >= 0.3 is 0 Å². The van der Waals surface area contributed by atoms with Gasteiger partial charge in [-0.05, 0) is 37.6 Å². The Morgan fingerprint density at radius 1 is 1.29 bits per heavy atom. The first-order valence-corrected chi connectivity index (χ1v) is 6.32. The molecule has 2 rings (SSSR count). The Labute approximate surface area is 103 Å². The fraction of sp³-hybridized carbons (Fsp3) is 0.615. The van der Waals surface area contributed by atoms with Crippen LogP contribution in [0.25, 0.3) is 0 Å². The van der Waals surface area contributed by atoms with Gasteiger partial charge in [0.05, 0.1) is 18.9 Å². The smallest absolute Gasteiger partial charge is 0.0888 e. The lowest BCUT2D eigenvalue weighted by atomic mass is 10.2. The van der Waals surface area contributed by atoms with Gasteiger partial charge in [-0.2, -0.15) is 0 Å². The number of aromatic nitrogens is 1. The topological polar surface area (TPSA) is 51.4 Å². The van der Waals surface area contributed by atoms with E-state index in [1.54, 1.807) is 0 Å². The molecule has 4 nitrogen and oxygen atoms in total. The van der Waals surface area contributed by atoms with Crippen molar-refractivity contribution in [1.29, 1.82) is 0 Å². The average molecular weight is 235 g/mol. The first kappa shape index (κ1) is 12.5. The molecule has 4 heteroatoms. The average Bonchev–Trinajstić information content (AvgIpc) is 2.88. The van der Waals surface area contributed by atoms with Crippen molar-refractivity contribution in [2.24, 2.45) is 5.73 Å². The largest absolute Gasteiger partial charge is 0.374 e. The third-order valence-electron chi connectivity index (χ3n) is 3.12. The molecule has 1 aliphatic rings. The summed E-state index contributed by atoms with van der Waals surface area (Å²) in [4.78, 5) is 6.75. The van der Waals surface area contributed by atoms with Crippen LogP contribution in [0.15, 0.2) is 18.3 Å². The van der Waals surface area contributed by atoms with E-state index in [4.69, 9.17) is 10.5 Å². The van der Waals surface area contributed by atoms with Crippen LogP contribution in [0.5, 0.6) is 0 Å². The second kappa shape index (κ2) is 6.69. The number of nitrogens with two attached hydrogens (primary N) is 1. The molecular formula is C13H21N3O. The van der Waals surface area contributed by atoms with Crippen molar-refractivity contribution in [3.05, 3.63) is 29.6 Å². The Morgan fingerprint density at radius 2 is 2.12 bits per heavy atom. The van der Waals surface area contributed by atoms with Crippen molar-refractivity contribution in [3.63, 3.8) is 0 Å². The predicted octanol–water partition coefficient (Wildman–Crippen LogP) is 1.15. The zero-order valence-corrected chi connectivity index (χ0v) is 10.3. The lowest BCUT2D eigenvalue weighted by Gasteiger charge is -2.14. The molecule has 2 N–H and O–H groups in total. The maximum absolute atomic E-state index is 5.62. The number of hydrogen-bond donors (Lipinski definition) is 1. The van der Waals surface area contributed by atoms with Gasteiger partial charge in [0.25, 0.3) is 0 Å². The molecule has 1 aromatic heterocycles. The van der Waals surface area contributed by atoms with E-state index in [0.717, 1.165) is 24.4 Å². The molecule has 1 saturated heterocycles. The molecular weight excluding hydrogens is 214 g/mol. The van der Waals surface area contributed by atoms with Crippen molar-refractivity contribution >= 4 is 0 Å². The molecule has 2 heterocycles. The quantitative estimate of drug-likeness (QED) is 0.752. The molecule has 17 heavy (non-hydrogen) atoms. The number of pyridine rings is 1. The van der Waals surface area contributed by atoms with Crippen LogP contribution in [-0.2, 0) is 17.9 Å². The van der Waals surface area contributed by atoms with Gasteiger partial charge in [-0.1, -0.05) is 6.07 Å². The summed E-state index contributed by atoms with van der Waals surface area (Å²) in [5, 5.41) is 0. The summed E-state index contributed by atoms with van der Waals surface area (Å²) < 4.78 is 5.62. The molecule has 0 spiro atoms. The first-order chi connectivity index (χ1) is 8.38. The Balaban J connectivity index is 1.63. The summed E-state index contributed by atoms with van der Waals surface area (Å²) >= 11 is 0. The number of likely N-dealkylation sites (tertiary alicyclic amines) is 1. The summed E-state index contributed by atoms with van der Waals surface area (Å²) in [5.74, 6) is 0. The van der Waals surface area contributed by atoms with Crippen molar-refractivity contribution < 1.29 is 4.74 Å². The van der Waals surface area contributed by atoms with E-state index in [2.05, 4.69) is 9.88 Å². The second-order valence-electron chi connectivity index (χ2n) is 4.46. The van der Waals surface area contributed by atoms with Crippen LogP contribution < -0.4 is 5.73 Å². The molecule has 0 radical (unpaired) electrons. The van der Waals surface area contributed by atoms with Crippen molar-refractivity contribution in [3.8, 4) is 0 Å². The van der Waals surface area contributed by atoms with Gasteiger partial charge in [0.2, 0.25) is 0 Å². The first-order valence-electron chi connectivity index (χ1n) is 6.32. The summed E-state index contributed by atoms with van der Waals surface area (Å²) in [6.07, 6.45) is 4.49. The molecule has 0 atom stereocenters. The molecule has 94 valence electrons. The minimum absolute atomic E-state index is 0.545. The van der Waals surface area contributed by atoms with E-state index in [0.29, 0.717) is 13.2 Å². The maximum Gasteiger partial charge on any atom is 0.0888 e. The SMILES string of the molecule is NCc1ccc(COCCN2CCCC2)nc1. The highest BCUT2D eigenvalue weighted by Crippen LogP contribution is 2.06. The summed E-state index contributed by atoms with van der Waals surface area (Å²) in [6, 6.07) is 3.99. The number of ether oxygens (including phenoxy) is 1. The van der Waals surface area contributed by atoms with Gasteiger partial charge < -0.3 is 15.4 Å². The number of hydrogen-bond acceptors (Lipinski definition) is 4. The van der Waals surface area contributed by atoms with E-state index in [9.17, 15) is 0 Å². The molecule has 0 aromatic carbocycles. The number of nitrogens with zero attached hydrogens (tertiary/aromatic N) is 2. The van der Waals surface area contributed by atoms with Crippen LogP contribution in [0.2, 0.25) is 0 Å². The molecule has 0 amide bonds. The van der Waals surface area contributed by atoms with Gasteiger partial charge in [-0.15, -0.1) is 0 Å². The van der Waals surface area contributed by atoms with E-state index >= 15 is 0 Å². The maximum atomic E-state index is 5.62. The Bertz CT molecular complexity index is 320. The Hall–Kier alpha value is -0.970. The number of rotatable bonds is 6. The van der Waals surface area contributed by atoms with Crippen molar-refractivity contribution in [2.75, 3.05) is 26.2 Å². The molecule has 0 saturated carbocycles. The monoisotopic (exact) mass is 235 g/mol. The van der Waals surface area contributed by atoms with Gasteiger partial charge in [-0.25, -0.2) is 0 Å². The minimum Gasteiger partial charge on any atom is -0.374 e. The van der Waals surface area contributed by atoms with Crippen LogP contribution >= 0.6 is 0 Å². The highest BCUT2D eigenvalue weighted by atomic mass is 16.5. The standard InChI is InChI=1S/C13H21N3O/c14-9-12-3-4-13(15-10-12)11-17-8-7-16-5-1-2-6-16/h3-4,10H,1-2,5-9,11,14H2. The zero-order chi connectivity index (χ0) is 11.9. The van der Waals surface area contributed by atoms with Gasteiger partial charge in [0, 0.05) is 19.3 Å². The zero-order valence-electron chi connectivity index (χ0n) is 10.3. The summed E-state index contributed by atoms with van der Waals surface area (Å²) in [6.45, 7) is 5.43. The highest BCUT2D eigenvalue weighted by Gasteiger charge is 2.10.